The van der Waals surface area contributed by atoms with E-state index in [4.69, 9.17) is 9.99 Å². The largest absolute Gasteiger partial charge is 0.508 e. The van der Waals surface area contributed by atoms with Gasteiger partial charge >= 0.3 is 0 Å². The normalized spacial score (nSPS) is 9.92. The van der Waals surface area contributed by atoms with Crippen LogP contribution in [0.15, 0.2) is 24.3 Å². The summed E-state index contributed by atoms with van der Waals surface area (Å²) >= 11 is 0. The van der Waals surface area contributed by atoms with Crippen molar-refractivity contribution in [2.45, 2.75) is 6.92 Å². The third-order valence-corrected chi connectivity index (χ3v) is 1.38. The molecular formula is C9H13NO3. The van der Waals surface area contributed by atoms with Crippen LogP contribution in [0.5, 0.6) is 5.75 Å². The zero-order chi connectivity index (χ0) is 9.52. The first kappa shape index (κ1) is 9.83. The lowest BCUT2D eigenvalue weighted by Crippen LogP contribution is -2.06. The van der Waals surface area contributed by atoms with Gasteiger partial charge in [0.1, 0.15) is 5.75 Å². The highest BCUT2D eigenvalue weighted by Crippen LogP contribution is 2.14. The van der Waals surface area contributed by atoms with Crippen molar-refractivity contribution in [2.75, 3.05) is 18.7 Å². The molecule has 0 aliphatic rings. The lowest BCUT2D eigenvalue weighted by molar-refractivity contribution is -0.285. The van der Waals surface area contributed by atoms with Crippen molar-refractivity contribution in [3.63, 3.8) is 0 Å². The van der Waals surface area contributed by atoms with E-state index in [1.54, 1.807) is 18.2 Å². The van der Waals surface area contributed by atoms with Crippen molar-refractivity contribution in [2.24, 2.45) is 0 Å². The Hall–Kier alpha value is -1.26. The predicted molar refractivity (Wildman–Crippen MR) is 49.3 cm³/mol. The molecule has 0 saturated heterocycles. The summed E-state index contributed by atoms with van der Waals surface area (Å²) in [5.74, 6) is 0.224. The number of nitrogens with one attached hydrogen (secondary N) is 1. The van der Waals surface area contributed by atoms with Crippen LogP contribution in [0.1, 0.15) is 6.92 Å². The Bertz CT molecular complexity index is 252. The molecule has 0 heterocycles. The maximum Gasteiger partial charge on any atom is 0.151 e. The minimum Gasteiger partial charge on any atom is -0.508 e. The van der Waals surface area contributed by atoms with Gasteiger partial charge in [-0.2, -0.15) is 0 Å². The Morgan fingerprint density at radius 2 is 2.23 bits per heavy atom. The summed E-state index contributed by atoms with van der Waals surface area (Å²) in [6, 6.07) is 6.79. The first-order chi connectivity index (χ1) is 6.33. The summed E-state index contributed by atoms with van der Waals surface area (Å²) in [6.07, 6.45) is 0. The zero-order valence-corrected chi connectivity index (χ0v) is 7.49. The van der Waals surface area contributed by atoms with Gasteiger partial charge < -0.3 is 10.4 Å². The van der Waals surface area contributed by atoms with Crippen LogP contribution in [-0.2, 0) is 9.78 Å². The van der Waals surface area contributed by atoms with Gasteiger partial charge in [-0.1, -0.05) is 6.07 Å². The number of hydrogen-bond donors (Lipinski definition) is 2. The summed E-state index contributed by atoms with van der Waals surface area (Å²) in [5, 5.41) is 12.0. The molecular weight excluding hydrogens is 170 g/mol. The highest BCUT2D eigenvalue weighted by Gasteiger charge is 1.92. The molecule has 0 fully saturated rings. The lowest BCUT2D eigenvalue weighted by Gasteiger charge is -2.05. The van der Waals surface area contributed by atoms with Crippen molar-refractivity contribution in [3.05, 3.63) is 24.3 Å². The number of phenolic OH excluding ortho intramolecular Hbond substituents is 1. The Balaban J connectivity index is 2.28. The molecule has 0 unspecified atom stereocenters. The third kappa shape index (κ3) is 3.78. The predicted octanol–water partition coefficient (Wildman–Crippen LogP) is 1.73. The van der Waals surface area contributed by atoms with Crippen LogP contribution >= 0.6 is 0 Å². The minimum atomic E-state index is 0.224. The molecule has 0 saturated carbocycles. The fraction of sp³-hybridized carbons (Fsp3) is 0.333. The van der Waals surface area contributed by atoms with Gasteiger partial charge in [0, 0.05) is 11.8 Å². The van der Waals surface area contributed by atoms with E-state index in [0.717, 1.165) is 5.69 Å². The SMILES string of the molecule is CCOOCNc1cccc(O)c1. The lowest BCUT2D eigenvalue weighted by atomic mass is 10.3. The molecule has 4 heteroatoms. The van der Waals surface area contributed by atoms with E-state index in [0.29, 0.717) is 6.61 Å². The number of phenols is 1. The van der Waals surface area contributed by atoms with E-state index in [1.165, 1.54) is 0 Å². The Morgan fingerprint density at radius 3 is 2.92 bits per heavy atom. The van der Waals surface area contributed by atoms with Crippen LogP contribution in [0.2, 0.25) is 0 Å². The fourth-order valence-corrected chi connectivity index (χ4v) is 0.854. The van der Waals surface area contributed by atoms with Gasteiger partial charge in [0.05, 0.1) is 6.61 Å². The number of hydrogen-bond acceptors (Lipinski definition) is 4. The highest BCUT2D eigenvalue weighted by molar-refractivity contribution is 5.47. The quantitative estimate of drug-likeness (QED) is 0.316. The van der Waals surface area contributed by atoms with E-state index in [-0.39, 0.29) is 12.5 Å². The first-order valence-electron chi connectivity index (χ1n) is 4.10. The number of rotatable bonds is 5. The van der Waals surface area contributed by atoms with Gasteiger partial charge in [-0.3, -0.25) is 0 Å². The van der Waals surface area contributed by atoms with E-state index >= 15 is 0 Å². The summed E-state index contributed by atoms with van der Waals surface area (Å²) in [7, 11) is 0. The summed E-state index contributed by atoms with van der Waals surface area (Å²) in [4.78, 5) is 9.39. The van der Waals surface area contributed by atoms with Crippen LogP contribution in [0.3, 0.4) is 0 Å². The Morgan fingerprint density at radius 1 is 1.38 bits per heavy atom. The standard InChI is InChI=1S/C9H13NO3/c1-2-12-13-7-10-8-4-3-5-9(11)6-8/h3-6,10-11H,2,7H2,1H3. The second-order valence-corrected chi connectivity index (χ2v) is 2.40. The van der Waals surface area contributed by atoms with Crippen LogP contribution < -0.4 is 5.32 Å². The summed E-state index contributed by atoms with van der Waals surface area (Å²) in [5.41, 5.74) is 0.791. The average molecular weight is 183 g/mol. The number of aromatic hydroxyl groups is 1. The van der Waals surface area contributed by atoms with Gasteiger partial charge in [0.25, 0.3) is 0 Å². The van der Waals surface area contributed by atoms with Crippen LogP contribution in [0.25, 0.3) is 0 Å². The molecule has 4 nitrogen and oxygen atoms in total. The van der Waals surface area contributed by atoms with Crippen molar-refractivity contribution in [1.29, 1.82) is 0 Å². The van der Waals surface area contributed by atoms with Gasteiger partial charge in [0.15, 0.2) is 6.73 Å². The maximum atomic E-state index is 9.10. The molecule has 2 N–H and O–H groups in total. The van der Waals surface area contributed by atoms with Gasteiger partial charge in [-0.15, -0.1) is 0 Å². The van der Waals surface area contributed by atoms with Crippen LogP contribution in [0, 0.1) is 0 Å². The molecule has 1 rings (SSSR count). The smallest absolute Gasteiger partial charge is 0.151 e. The molecule has 72 valence electrons. The zero-order valence-electron chi connectivity index (χ0n) is 7.49. The van der Waals surface area contributed by atoms with Crippen molar-refractivity contribution < 1.29 is 14.9 Å². The van der Waals surface area contributed by atoms with Gasteiger partial charge in [0.2, 0.25) is 0 Å². The first-order valence-corrected chi connectivity index (χ1v) is 4.10. The third-order valence-electron chi connectivity index (χ3n) is 1.38. The molecule has 0 aliphatic carbocycles. The molecule has 1 aromatic carbocycles. The Kier molecular flexibility index (Phi) is 4.08. The van der Waals surface area contributed by atoms with Crippen LogP contribution in [0.4, 0.5) is 5.69 Å². The topological polar surface area (TPSA) is 50.7 Å². The molecule has 0 atom stereocenters. The van der Waals surface area contributed by atoms with E-state index in [2.05, 4.69) is 10.2 Å². The van der Waals surface area contributed by atoms with E-state index < -0.39 is 0 Å². The molecule has 0 spiro atoms. The molecule has 13 heavy (non-hydrogen) atoms. The molecule has 1 aromatic rings. The number of anilines is 1. The van der Waals surface area contributed by atoms with E-state index in [1.807, 2.05) is 13.0 Å². The summed E-state index contributed by atoms with van der Waals surface area (Å²) in [6.45, 7) is 2.62. The molecule has 0 aromatic heterocycles. The van der Waals surface area contributed by atoms with E-state index in [9.17, 15) is 0 Å². The molecule has 0 radical (unpaired) electrons. The second-order valence-electron chi connectivity index (χ2n) is 2.40. The molecule has 0 amide bonds. The van der Waals surface area contributed by atoms with Crippen LogP contribution in [-0.4, -0.2) is 18.4 Å². The van der Waals surface area contributed by atoms with Gasteiger partial charge in [-0.25, -0.2) is 9.78 Å². The minimum absolute atomic E-state index is 0.224. The summed E-state index contributed by atoms with van der Waals surface area (Å²) < 4.78 is 0. The van der Waals surface area contributed by atoms with Crippen molar-refractivity contribution in [3.8, 4) is 5.75 Å². The highest BCUT2D eigenvalue weighted by atomic mass is 17.2. The fourth-order valence-electron chi connectivity index (χ4n) is 0.854. The van der Waals surface area contributed by atoms with Crippen molar-refractivity contribution in [1.82, 2.24) is 0 Å². The van der Waals surface area contributed by atoms with Gasteiger partial charge in [-0.05, 0) is 19.1 Å². The number of benzene rings is 1. The van der Waals surface area contributed by atoms with Crippen molar-refractivity contribution >= 4 is 5.69 Å². The monoisotopic (exact) mass is 183 g/mol. The molecule has 0 aliphatic heterocycles. The maximum absolute atomic E-state index is 9.10. The second kappa shape index (κ2) is 5.40. The Labute approximate surface area is 77.0 Å². The average Bonchev–Trinajstić information content (AvgIpc) is 2.13. The molecule has 0 bridgehead atoms.